The number of hydrogen-bond donors (Lipinski definition) is 2. The molecule has 0 saturated carbocycles. The Morgan fingerprint density at radius 2 is 2.00 bits per heavy atom. The van der Waals surface area contributed by atoms with Gasteiger partial charge in [0.15, 0.2) is 0 Å². The first-order chi connectivity index (χ1) is 7.76. The van der Waals surface area contributed by atoms with Gasteiger partial charge in [-0.15, -0.1) is 5.10 Å². The zero-order valence-electron chi connectivity index (χ0n) is 9.06. The van der Waals surface area contributed by atoms with Crippen LogP contribution >= 0.6 is 0 Å². The van der Waals surface area contributed by atoms with E-state index in [-0.39, 0.29) is 6.02 Å². The molecule has 16 heavy (non-hydrogen) atoms. The molecule has 1 aromatic carbocycles. The van der Waals surface area contributed by atoms with Crippen LogP contribution in [0.25, 0.3) is 0 Å². The van der Waals surface area contributed by atoms with Gasteiger partial charge in [-0.3, -0.25) is 0 Å². The highest BCUT2D eigenvalue weighted by Crippen LogP contribution is 2.07. The van der Waals surface area contributed by atoms with Gasteiger partial charge in [0.25, 0.3) is 0 Å². The van der Waals surface area contributed by atoms with Gasteiger partial charge in [0.1, 0.15) is 5.75 Å². The maximum atomic E-state index is 11.2. The summed E-state index contributed by atoms with van der Waals surface area (Å²) >= 11 is 0. The highest BCUT2D eigenvalue weighted by molar-refractivity contribution is 5.76. The third-order valence-electron chi connectivity index (χ3n) is 1.61. The standard InChI is InChI=1S/C10H13N3O3/c1-11-9(15-2)12-13-10(14)16-8-6-4-3-5-7-8/h3-7H,1-2H3,(H,11,12)(H,13,14). The van der Waals surface area contributed by atoms with Crippen LogP contribution in [0, 0.1) is 0 Å². The first-order valence-electron chi connectivity index (χ1n) is 4.58. The predicted molar refractivity (Wildman–Crippen MR) is 59.1 cm³/mol. The SMILES string of the molecule is CNC(=NNC(=O)Oc1ccccc1)OC. The number of hydrogen-bond acceptors (Lipinski definition) is 4. The molecule has 0 saturated heterocycles. The van der Waals surface area contributed by atoms with E-state index in [1.54, 1.807) is 31.3 Å². The van der Waals surface area contributed by atoms with Crippen LogP contribution in [0.2, 0.25) is 0 Å². The zero-order valence-corrected chi connectivity index (χ0v) is 9.06. The molecule has 0 aliphatic carbocycles. The number of amidine groups is 1. The van der Waals surface area contributed by atoms with E-state index in [4.69, 9.17) is 9.47 Å². The second kappa shape index (κ2) is 6.28. The molecule has 1 rings (SSSR count). The molecule has 6 nitrogen and oxygen atoms in total. The van der Waals surface area contributed by atoms with Crippen molar-refractivity contribution in [1.29, 1.82) is 0 Å². The van der Waals surface area contributed by atoms with Gasteiger partial charge in [-0.1, -0.05) is 18.2 Å². The van der Waals surface area contributed by atoms with Crippen LogP contribution in [0.3, 0.4) is 0 Å². The normalized spacial score (nSPS) is 10.5. The Morgan fingerprint density at radius 3 is 2.56 bits per heavy atom. The molecule has 6 heteroatoms. The minimum absolute atomic E-state index is 0.185. The lowest BCUT2D eigenvalue weighted by Gasteiger charge is -2.04. The van der Waals surface area contributed by atoms with Crippen molar-refractivity contribution < 1.29 is 14.3 Å². The minimum atomic E-state index is -0.684. The maximum absolute atomic E-state index is 11.2. The molecule has 0 atom stereocenters. The lowest BCUT2D eigenvalue weighted by molar-refractivity contribution is 0.200. The minimum Gasteiger partial charge on any atom is -0.467 e. The van der Waals surface area contributed by atoms with Crippen LogP contribution in [0.4, 0.5) is 4.79 Å². The largest absolute Gasteiger partial charge is 0.467 e. The molecule has 0 spiro atoms. The number of methoxy groups -OCH3 is 1. The van der Waals surface area contributed by atoms with Crippen molar-refractivity contribution in [3.63, 3.8) is 0 Å². The summed E-state index contributed by atoms with van der Waals surface area (Å²) in [6.45, 7) is 0. The van der Waals surface area contributed by atoms with E-state index in [2.05, 4.69) is 15.8 Å². The van der Waals surface area contributed by atoms with Gasteiger partial charge in [0.2, 0.25) is 0 Å². The smallest absolute Gasteiger partial charge is 0.433 e. The highest BCUT2D eigenvalue weighted by atomic mass is 16.6. The summed E-state index contributed by atoms with van der Waals surface area (Å²) in [7, 11) is 3.05. The Hall–Kier alpha value is -2.24. The van der Waals surface area contributed by atoms with Gasteiger partial charge in [-0.25, -0.2) is 10.2 Å². The number of hydrazone groups is 1. The van der Waals surface area contributed by atoms with E-state index >= 15 is 0 Å². The fourth-order valence-corrected chi connectivity index (χ4v) is 0.918. The second-order valence-corrected chi connectivity index (χ2v) is 2.69. The average Bonchev–Trinajstić information content (AvgIpc) is 2.31. The Morgan fingerprint density at radius 1 is 1.31 bits per heavy atom. The van der Waals surface area contributed by atoms with Gasteiger partial charge in [0, 0.05) is 7.05 Å². The van der Waals surface area contributed by atoms with Gasteiger partial charge in [-0.05, 0) is 12.1 Å². The lowest BCUT2D eigenvalue weighted by atomic mass is 10.3. The number of carbonyl (C=O) groups is 1. The molecule has 0 fully saturated rings. The number of carbonyl (C=O) groups excluding carboxylic acids is 1. The number of amides is 1. The van der Waals surface area contributed by atoms with E-state index in [9.17, 15) is 4.79 Å². The summed E-state index contributed by atoms with van der Waals surface area (Å²) in [5.41, 5.74) is 2.17. The molecule has 0 aromatic heterocycles. The zero-order chi connectivity index (χ0) is 11.8. The number of nitrogens with one attached hydrogen (secondary N) is 2. The number of para-hydroxylation sites is 1. The average molecular weight is 223 g/mol. The van der Waals surface area contributed by atoms with Crippen LogP contribution in [0.15, 0.2) is 35.4 Å². The molecule has 0 aliphatic heterocycles. The van der Waals surface area contributed by atoms with Crippen molar-refractivity contribution in [1.82, 2.24) is 10.7 Å². The fraction of sp³-hybridized carbons (Fsp3) is 0.200. The lowest BCUT2D eigenvalue weighted by Crippen LogP contribution is -2.28. The Kier molecular flexibility index (Phi) is 4.65. The first kappa shape index (κ1) is 11.8. The number of ether oxygens (including phenoxy) is 2. The molecule has 1 amide bonds. The summed E-state index contributed by atoms with van der Waals surface area (Å²) in [4.78, 5) is 11.2. The molecular formula is C10H13N3O3. The second-order valence-electron chi connectivity index (χ2n) is 2.69. The first-order valence-corrected chi connectivity index (χ1v) is 4.58. The molecule has 0 unspecified atom stereocenters. The van der Waals surface area contributed by atoms with E-state index in [1.165, 1.54) is 7.11 Å². The highest BCUT2D eigenvalue weighted by Gasteiger charge is 2.02. The van der Waals surface area contributed by atoms with Crippen molar-refractivity contribution in [3.05, 3.63) is 30.3 Å². The third-order valence-corrected chi connectivity index (χ3v) is 1.61. The quantitative estimate of drug-likeness (QED) is 0.444. The molecule has 2 N–H and O–H groups in total. The number of rotatable bonds is 2. The summed E-state index contributed by atoms with van der Waals surface area (Å²) < 4.78 is 9.68. The molecule has 0 bridgehead atoms. The number of benzene rings is 1. The van der Waals surface area contributed by atoms with Gasteiger partial charge in [-0.2, -0.15) is 0 Å². The van der Waals surface area contributed by atoms with E-state index in [1.807, 2.05) is 6.07 Å². The van der Waals surface area contributed by atoms with Crippen LogP contribution < -0.4 is 15.5 Å². The summed E-state index contributed by atoms with van der Waals surface area (Å²) in [5, 5.41) is 6.24. The van der Waals surface area contributed by atoms with Crippen LogP contribution in [-0.2, 0) is 4.74 Å². The molecule has 0 heterocycles. The van der Waals surface area contributed by atoms with Crippen LogP contribution in [0.1, 0.15) is 0 Å². The predicted octanol–water partition coefficient (Wildman–Crippen LogP) is 0.912. The Balaban J connectivity index is 2.45. The Labute approximate surface area is 93.2 Å². The Bertz CT molecular complexity index is 359. The number of nitrogens with zero attached hydrogens (tertiary/aromatic N) is 1. The molecular weight excluding hydrogens is 210 g/mol. The van der Waals surface area contributed by atoms with Crippen molar-refractivity contribution in [2.75, 3.05) is 14.2 Å². The molecule has 1 aromatic rings. The van der Waals surface area contributed by atoms with Crippen LogP contribution in [-0.4, -0.2) is 26.3 Å². The van der Waals surface area contributed by atoms with Crippen molar-refractivity contribution in [3.8, 4) is 5.75 Å². The molecule has 86 valence electrons. The van der Waals surface area contributed by atoms with Gasteiger partial charge < -0.3 is 14.8 Å². The summed E-state index contributed by atoms with van der Waals surface area (Å²) in [6.07, 6.45) is -0.684. The van der Waals surface area contributed by atoms with Crippen LogP contribution in [0.5, 0.6) is 5.75 Å². The van der Waals surface area contributed by atoms with E-state index in [0.717, 1.165) is 0 Å². The van der Waals surface area contributed by atoms with Crippen molar-refractivity contribution in [2.45, 2.75) is 0 Å². The third kappa shape index (κ3) is 3.87. The summed E-state index contributed by atoms with van der Waals surface area (Å²) in [6, 6.07) is 8.87. The van der Waals surface area contributed by atoms with Crippen molar-refractivity contribution in [2.24, 2.45) is 5.10 Å². The fourth-order valence-electron chi connectivity index (χ4n) is 0.918. The van der Waals surface area contributed by atoms with E-state index < -0.39 is 6.09 Å². The van der Waals surface area contributed by atoms with Gasteiger partial charge in [0.05, 0.1) is 7.11 Å². The van der Waals surface area contributed by atoms with E-state index in [0.29, 0.717) is 5.75 Å². The monoisotopic (exact) mass is 223 g/mol. The van der Waals surface area contributed by atoms with Crippen molar-refractivity contribution >= 4 is 12.1 Å². The molecule has 0 aliphatic rings. The molecule has 0 radical (unpaired) electrons. The summed E-state index contributed by atoms with van der Waals surface area (Å²) in [5.74, 6) is 0.443. The maximum Gasteiger partial charge on any atom is 0.433 e. The topological polar surface area (TPSA) is 72.0 Å². The van der Waals surface area contributed by atoms with Gasteiger partial charge >= 0.3 is 12.1 Å².